The van der Waals surface area contributed by atoms with Crippen molar-refractivity contribution in [2.45, 2.75) is 26.9 Å². The Morgan fingerprint density at radius 3 is 2.44 bits per heavy atom. The number of amides is 1. The molecule has 1 fully saturated rings. The molecular weight excluding hydrogens is 316 g/mol. The monoisotopic (exact) mass is 340 g/mol. The number of benzene rings is 1. The maximum Gasteiger partial charge on any atom is 0.263 e. The van der Waals surface area contributed by atoms with E-state index in [-0.39, 0.29) is 5.91 Å². The molecule has 132 valence electrons. The Morgan fingerprint density at radius 2 is 1.76 bits per heavy atom. The van der Waals surface area contributed by atoms with E-state index in [1.54, 1.807) is 18.5 Å². The van der Waals surface area contributed by atoms with E-state index in [9.17, 15) is 4.79 Å². The van der Waals surface area contributed by atoms with Gasteiger partial charge in [0.2, 0.25) is 5.95 Å². The summed E-state index contributed by atoms with van der Waals surface area (Å²) in [6.45, 7) is 8.63. The van der Waals surface area contributed by atoms with Crippen molar-refractivity contribution in [2.24, 2.45) is 0 Å². The van der Waals surface area contributed by atoms with Gasteiger partial charge in [0.15, 0.2) is 6.10 Å². The van der Waals surface area contributed by atoms with Crippen LogP contribution in [0, 0.1) is 13.8 Å². The molecule has 0 spiro atoms. The Kier molecular flexibility index (Phi) is 5.16. The summed E-state index contributed by atoms with van der Waals surface area (Å²) >= 11 is 0. The van der Waals surface area contributed by atoms with Crippen LogP contribution in [0.3, 0.4) is 0 Å². The van der Waals surface area contributed by atoms with E-state index >= 15 is 0 Å². The fraction of sp³-hybridized carbons (Fsp3) is 0.421. The molecule has 1 amide bonds. The van der Waals surface area contributed by atoms with Gasteiger partial charge in [-0.25, -0.2) is 9.97 Å². The van der Waals surface area contributed by atoms with Crippen molar-refractivity contribution >= 4 is 11.9 Å². The highest BCUT2D eigenvalue weighted by molar-refractivity contribution is 5.81. The van der Waals surface area contributed by atoms with Crippen LogP contribution in [0.15, 0.2) is 36.7 Å². The average Bonchev–Trinajstić information content (AvgIpc) is 2.65. The summed E-state index contributed by atoms with van der Waals surface area (Å²) in [5.74, 6) is 1.51. The number of nitrogens with zero attached hydrogens (tertiary/aromatic N) is 4. The third-order valence-electron chi connectivity index (χ3n) is 4.63. The van der Waals surface area contributed by atoms with Crippen LogP contribution in [0.5, 0.6) is 5.75 Å². The fourth-order valence-electron chi connectivity index (χ4n) is 2.93. The first-order chi connectivity index (χ1) is 12.1. The molecule has 0 unspecified atom stereocenters. The van der Waals surface area contributed by atoms with E-state index < -0.39 is 6.10 Å². The van der Waals surface area contributed by atoms with Gasteiger partial charge in [0.05, 0.1) is 0 Å². The van der Waals surface area contributed by atoms with E-state index in [4.69, 9.17) is 4.74 Å². The quantitative estimate of drug-likeness (QED) is 0.854. The molecule has 1 aliphatic heterocycles. The van der Waals surface area contributed by atoms with Crippen LogP contribution in [-0.4, -0.2) is 53.1 Å². The van der Waals surface area contributed by atoms with Crippen LogP contribution in [0.4, 0.5) is 5.95 Å². The van der Waals surface area contributed by atoms with E-state index in [0.717, 1.165) is 30.0 Å². The first kappa shape index (κ1) is 17.2. The fourth-order valence-corrected chi connectivity index (χ4v) is 2.93. The molecule has 0 saturated carbocycles. The zero-order valence-electron chi connectivity index (χ0n) is 15.0. The Balaban J connectivity index is 1.58. The van der Waals surface area contributed by atoms with Crippen molar-refractivity contribution in [2.75, 3.05) is 31.1 Å². The number of aromatic nitrogens is 2. The molecule has 0 radical (unpaired) electrons. The Hall–Kier alpha value is -2.63. The number of hydrogen-bond donors (Lipinski definition) is 0. The van der Waals surface area contributed by atoms with Crippen LogP contribution in [0.1, 0.15) is 18.1 Å². The minimum atomic E-state index is -0.500. The topological polar surface area (TPSA) is 58.6 Å². The number of rotatable bonds is 4. The standard InChI is InChI=1S/C19H24N4O2/c1-14-6-4-7-17(15(14)2)25-16(3)18(24)22-10-12-23(13-11-22)19-20-8-5-9-21-19/h4-9,16H,10-13H2,1-3H3/t16-/m1/s1. The second-order valence-corrected chi connectivity index (χ2v) is 6.32. The molecule has 2 aromatic rings. The molecule has 0 bridgehead atoms. The van der Waals surface area contributed by atoms with Gasteiger partial charge in [0.25, 0.3) is 5.91 Å². The molecule has 6 nitrogen and oxygen atoms in total. The van der Waals surface area contributed by atoms with Crippen LogP contribution in [-0.2, 0) is 4.79 Å². The summed E-state index contributed by atoms with van der Waals surface area (Å²) in [4.78, 5) is 25.2. The number of anilines is 1. The van der Waals surface area contributed by atoms with Gasteiger partial charge in [-0.2, -0.15) is 0 Å². The van der Waals surface area contributed by atoms with Gasteiger partial charge in [-0.05, 0) is 44.0 Å². The van der Waals surface area contributed by atoms with Gasteiger partial charge in [-0.1, -0.05) is 12.1 Å². The lowest BCUT2D eigenvalue weighted by Crippen LogP contribution is -2.52. The van der Waals surface area contributed by atoms with Gasteiger partial charge in [0.1, 0.15) is 5.75 Å². The summed E-state index contributed by atoms with van der Waals surface area (Å²) in [6, 6.07) is 7.71. The average molecular weight is 340 g/mol. The summed E-state index contributed by atoms with van der Waals surface area (Å²) in [5.41, 5.74) is 2.24. The normalized spacial score (nSPS) is 15.8. The van der Waals surface area contributed by atoms with Crippen LogP contribution in [0.2, 0.25) is 0 Å². The summed E-state index contributed by atoms with van der Waals surface area (Å²) in [5, 5.41) is 0. The van der Waals surface area contributed by atoms with Crippen molar-refractivity contribution in [3.05, 3.63) is 47.8 Å². The van der Waals surface area contributed by atoms with E-state index in [1.165, 1.54) is 0 Å². The van der Waals surface area contributed by atoms with Crippen molar-refractivity contribution in [3.8, 4) is 5.75 Å². The molecular formula is C19H24N4O2. The van der Waals surface area contributed by atoms with Crippen LogP contribution < -0.4 is 9.64 Å². The molecule has 0 aliphatic carbocycles. The molecule has 25 heavy (non-hydrogen) atoms. The molecule has 0 N–H and O–H groups in total. The lowest BCUT2D eigenvalue weighted by Gasteiger charge is -2.35. The first-order valence-electron chi connectivity index (χ1n) is 8.60. The maximum atomic E-state index is 12.7. The highest BCUT2D eigenvalue weighted by atomic mass is 16.5. The molecule has 1 aromatic heterocycles. The van der Waals surface area contributed by atoms with Gasteiger partial charge in [0, 0.05) is 38.6 Å². The molecule has 6 heteroatoms. The smallest absolute Gasteiger partial charge is 0.263 e. The third-order valence-corrected chi connectivity index (χ3v) is 4.63. The number of ether oxygens (including phenoxy) is 1. The van der Waals surface area contributed by atoms with E-state index in [0.29, 0.717) is 19.0 Å². The molecule has 2 heterocycles. The zero-order chi connectivity index (χ0) is 17.8. The second kappa shape index (κ2) is 7.51. The minimum absolute atomic E-state index is 0.0227. The second-order valence-electron chi connectivity index (χ2n) is 6.32. The minimum Gasteiger partial charge on any atom is -0.481 e. The Labute approximate surface area is 148 Å². The van der Waals surface area contributed by atoms with Gasteiger partial charge in [-0.15, -0.1) is 0 Å². The molecule has 1 saturated heterocycles. The van der Waals surface area contributed by atoms with E-state index in [1.807, 2.05) is 43.9 Å². The largest absolute Gasteiger partial charge is 0.481 e. The predicted molar refractivity (Wildman–Crippen MR) is 96.8 cm³/mol. The predicted octanol–water partition coefficient (Wildman–Crippen LogP) is 2.21. The lowest BCUT2D eigenvalue weighted by molar-refractivity contribution is -0.138. The highest BCUT2D eigenvalue weighted by Crippen LogP contribution is 2.22. The summed E-state index contributed by atoms with van der Waals surface area (Å²) < 4.78 is 5.92. The van der Waals surface area contributed by atoms with Gasteiger partial charge in [-0.3, -0.25) is 4.79 Å². The maximum absolute atomic E-state index is 12.7. The first-order valence-corrected chi connectivity index (χ1v) is 8.60. The number of carbonyl (C=O) groups is 1. The third kappa shape index (κ3) is 3.90. The number of piperazine rings is 1. The molecule has 1 atom stereocenters. The van der Waals surface area contributed by atoms with Crippen molar-refractivity contribution < 1.29 is 9.53 Å². The lowest BCUT2D eigenvalue weighted by atomic mass is 10.1. The molecule has 1 aliphatic rings. The molecule has 3 rings (SSSR count). The van der Waals surface area contributed by atoms with Crippen molar-refractivity contribution in [1.82, 2.24) is 14.9 Å². The van der Waals surface area contributed by atoms with Crippen molar-refractivity contribution in [3.63, 3.8) is 0 Å². The van der Waals surface area contributed by atoms with Gasteiger partial charge < -0.3 is 14.5 Å². The highest BCUT2D eigenvalue weighted by Gasteiger charge is 2.27. The number of carbonyl (C=O) groups excluding carboxylic acids is 1. The molecule has 1 aromatic carbocycles. The van der Waals surface area contributed by atoms with Crippen molar-refractivity contribution in [1.29, 1.82) is 0 Å². The Morgan fingerprint density at radius 1 is 1.08 bits per heavy atom. The SMILES string of the molecule is Cc1cccc(O[C@H](C)C(=O)N2CCN(c3ncccn3)CC2)c1C. The van der Waals surface area contributed by atoms with Crippen LogP contribution >= 0.6 is 0 Å². The summed E-state index contributed by atoms with van der Waals surface area (Å²) in [6.07, 6.45) is 2.97. The van der Waals surface area contributed by atoms with Crippen LogP contribution in [0.25, 0.3) is 0 Å². The number of aryl methyl sites for hydroxylation is 1. The zero-order valence-corrected chi connectivity index (χ0v) is 15.0. The number of hydrogen-bond acceptors (Lipinski definition) is 5. The Bertz CT molecular complexity index is 727. The van der Waals surface area contributed by atoms with Gasteiger partial charge >= 0.3 is 0 Å². The van der Waals surface area contributed by atoms with E-state index in [2.05, 4.69) is 14.9 Å². The summed E-state index contributed by atoms with van der Waals surface area (Å²) in [7, 11) is 0.